The number of allylic oxidation sites excluding steroid dienone is 1. The molecule has 0 bridgehead atoms. The molecular weight excluding hydrogens is 138 g/mol. The zero-order valence-electron chi connectivity index (χ0n) is 7.23. The third-order valence-electron chi connectivity index (χ3n) is 1.88. The van der Waals surface area contributed by atoms with Crippen LogP contribution in [0.25, 0.3) is 0 Å². The molecule has 1 N–H and O–H groups in total. The van der Waals surface area contributed by atoms with E-state index in [1.165, 1.54) is 0 Å². The molecular formula is C9H17NO. The van der Waals surface area contributed by atoms with Crippen molar-refractivity contribution in [2.24, 2.45) is 0 Å². The second kappa shape index (κ2) is 4.39. The summed E-state index contributed by atoms with van der Waals surface area (Å²) >= 11 is 0. The Morgan fingerprint density at radius 1 is 1.73 bits per heavy atom. The van der Waals surface area contributed by atoms with Gasteiger partial charge in [0.2, 0.25) is 0 Å². The largest absolute Gasteiger partial charge is 0.494 e. The summed E-state index contributed by atoms with van der Waals surface area (Å²) in [7, 11) is 0. The topological polar surface area (TPSA) is 21.3 Å². The zero-order valence-corrected chi connectivity index (χ0v) is 7.23. The van der Waals surface area contributed by atoms with Gasteiger partial charge in [0.25, 0.3) is 0 Å². The molecule has 0 aliphatic carbocycles. The molecule has 1 heterocycles. The van der Waals surface area contributed by atoms with Gasteiger partial charge in [0.1, 0.15) is 6.10 Å². The van der Waals surface area contributed by atoms with Crippen molar-refractivity contribution in [2.45, 2.75) is 32.3 Å². The summed E-state index contributed by atoms with van der Waals surface area (Å²) in [5.41, 5.74) is 0. The van der Waals surface area contributed by atoms with Gasteiger partial charge < -0.3 is 10.1 Å². The van der Waals surface area contributed by atoms with Crippen LogP contribution in [0.15, 0.2) is 12.3 Å². The van der Waals surface area contributed by atoms with Gasteiger partial charge in [-0.05, 0) is 19.4 Å². The zero-order chi connectivity index (χ0) is 8.10. The first-order chi connectivity index (χ1) is 5.33. The highest BCUT2D eigenvalue weighted by atomic mass is 16.5. The highest BCUT2D eigenvalue weighted by molar-refractivity contribution is 4.85. The van der Waals surface area contributed by atoms with Gasteiger partial charge in [-0.3, -0.25) is 0 Å². The highest BCUT2D eigenvalue weighted by Gasteiger charge is 2.15. The molecule has 0 spiro atoms. The van der Waals surface area contributed by atoms with Crippen LogP contribution in [0.1, 0.15) is 26.2 Å². The predicted octanol–water partition coefficient (Wildman–Crippen LogP) is 1.68. The van der Waals surface area contributed by atoms with E-state index in [2.05, 4.69) is 18.8 Å². The Bertz CT molecular complexity index is 128. The summed E-state index contributed by atoms with van der Waals surface area (Å²) in [5, 5.41) is 3.25. The quantitative estimate of drug-likeness (QED) is 0.624. The van der Waals surface area contributed by atoms with Crippen molar-refractivity contribution in [3.8, 4) is 0 Å². The lowest BCUT2D eigenvalue weighted by Gasteiger charge is -2.13. The van der Waals surface area contributed by atoms with E-state index in [1.54, 1.807) is 0 Å². The summed E-state index contributed by atoms with van der Waals surface area (Å²) in [4.78, 5) is 0. The third kappa shape index (κ3) is 2.93. The molecule has 0 amide bonds. The lowest BCUT2D eigenvalue weighted by Crippen LogP contribution is -2.16. The van der Waals surface area contributed by atoms with Crippen LogP contribution in [0.2, 0.25) is 0 Å². The van der Waals surface area contributed by atoms with E-state index in [0.717, 1.165) is 38.1 Å². The molecule has 1 aliphatic heterocycles. The van der Waals surface area contributed by atoms with Crippen LogP contribution >= 0.6 is 0 Å². The fraction of sp³-hybridized carbons (Fsp3) is 0.778. The molecule has 64 valence electrons. The molecule has 0 radical (unpaired) electrons. The Kier molecular flexibility index (Phi) is 3.43. The highest BCUT2D eigenvalue weighted by Crippen LogP contribution is 2.11. The maximum atomic E-state index is 5.59. The van der Waals surface area contributed by atoms with Crippen LogP contribution in [0, 0.1) is 0 Å². The Morgan fingerprint density at radius 3 is 3.09 bits per heavy atom. The van der Waals surface area contributed by atoms with E-state index >= 15 is 0 Å². The van der Waals surface area contributed by atoms with Crippen LogP contribution in [0.3, 0.4) is 0 Å². The van der Waals surface area contributed by atoms with Crippen molar-refractivity contribution in [1.82, 2.24) is 5.32 Å². The van der Waals surface area contributed by atoms with E-state index in [9.17, 15) is 0 Å². The molecule has 11 heavy (non-hydrogen) atoms. The maximum Gasteiger partial charge on any atom is 0.112 e. The summed E-state index contributed by atoms with van der Waals surface area (Å²) < 4.78 is 5.59. The van der Waals surface area contributed by atoms with Gasteiger partial charge in [-0.25, -0.2) is 0 Å². The van der Waals surface area contributed by atoms with Crippen LogP contribution < -0.4 is 5.32 Å². The monoisotopic (exact) mass is 155 g/mol. The van der Waals surface area contributed by atoms with E-state index in [1.807, 2.05) is 0 Å². The first-order valence-corrected chi connectivity index (χ1v) is 4.38. The third-order valence-corrected chi connectivity index (χ3v) is 1.88. The second-order valence-corrected chi connectivity index (χ2v) is 3.02. The van der Waals surface area contributed by atoms with Crippen LogP contribution in [-0.4, -0.2) is 19.2 Å². The Morgan fingerprint density at radius 2 is 2.55 bits per heavy atom. The molecule has 0 aromatic carbocycles. The summed E-state index contributed by atoms with van der Waals surface area (Å²) in [6, 6.07) is 0. The van der Waals surface area contributed by atoms with Gasteiger partial charge in [0.15, 0.2) is 0 Å². The normalized spacial score (nSPS) is 23.5. The fourth-order valence-corrected chi connectivity index (χ4v) is 1.30. The van der Waals surface area contributed by atoms with E-state index in [-0.39, 0.29) is 0 Å². The van der Waals surface area contributed by atoms with E-state index < -0.39 is 0 Å². The van der Waals surface area contributed by atoms with Crippen molar-refractivity contribution < 1.29 is 4.74 Å². The molecule has 0 aromatic rings. The number of ether oxygens (including phenoxy) is 1. The second-order valence-electron chi connectivity index (χ2n) is 3.02. The molecule has 1 aliphatic rings. The average molecular weight is 155 g/mol. The smallest absolute Gasteiger partial charge is 0.112 e. The summed E-state index contributed by atoms with van der Waals surface area (Å²) in [6.45, 7) is 8.07. The minimum absolute atomic E-state index is 0.383. The Hall–Kier alpha value is -0.500. The molecule has 1 rings (SSSR count). The minimum Gasteiger partial charge on any atom is -0.494 e. The summed E-state index contributed by atoms with van der Waals surface area (Å²) in [6.07, 6.45) is 3.63. The van der Waals surface area contributed by atoms with Crippen molar-refractivity contribution in [1.29, 1.82) is 0 Å². The number of rotatable bonds is 4. The van der Waals surface area contributed by atoms with Crippen LogP contribution in [0.4, 0.5) is 0 Å². The number of nitrogens with one attached hydrogen (secondary N) is 1. The predicted molar refractivity (Wildman–Crippen MR) is 46.4 cm³/mol. The van der Waals surface area contributed by atoms with Gasteiger partial charge in [-0.15, -0.1) is 0 Å². The summed E-state index contributed by atoms with van der Waals surface area (Å²) in [5.74, 6) is 0.946. The van der Waals surface area contributed by atoms with Gasteiger partial charge in [-0.1, -0.05) is 13.5 Å². The SMILES string of the molecule is C=C(CCC)OC1CCNC1. The lowest BCUT2D eigenvalue weighted by atomic mass is 10.3. The Labute approximate surface area is 68.6 Å². The maximum absolute atomic E-state index is 5.59. The lowest BCUT2D eigenvalue weighted by molar-refractivity contribution is 0.126. The van der Waals surface area contributed by atoms with Crippen LogP contribution in [-0.2, 0) is 4.74 Å². The molecule has 1 fully saturated rings. The van der Waals surface area contributed by atoms with Crippen molar-refractivity contribution >= 4 is 0 Å². The first-order valence-electron chi connectivity index (χ1n) is 4.38. The number of hydrogen-bond donors (Lipinski definition) is 1. The van der Waals surface area contributed by atoms with Crippen molar-refractivity contribution in [3.63, 3.8) is 0 Å². The number of hydrogen-bond acceptors (Lipinski definition) is 2. The first kappa shape index (κ1) is 8.60. The Balaban J connectivity index is 2.13. The van der Waals surface area contributed by atoms with Crippen molar-refractivity contribution in [3.05, 3.63) is 12.3 Å². The molecule has 2 nitrogen and oxygen atoms in total. The average Bonchev–Trinajstić information content (AvgIpc) is 2.40. The molecule has 0 saturated carbocycles. The van der Waals surface area contributed by atoms with Crippen LogP contribution in [0.5, 0.6) is 0 Å². The van der Waals surface area contributed by atoms with Gasteiger partial charge in [0.05, 0.1) is 5.76 Å². The fourth-order valence-electron chi connectivity index (χ4n) is 1.30. The minimum atomic E-state index is 0.383. The molecule has 1 saturated heterocycles. The molecule has 1 atom stereocenters. The van der Waals surface area contributed by atoms with Gasteiger partial charge in [0, 0.05) is 13.0 Å². The van der Waals surface area contributed by atoms with E-state index in [0.29, 0.717) is 6.10 Å². The van der Waals surface area contributed by atoms with Gasteiger partial charge in [-0.2, -0.15) is 0 Å². The van der Waals surface area contributed by atoms with Crippen molar-refractivity contribution in [2.75, 3.05) is 13.1 Å². The molecule has 1 unspecified atom stereocenters. The molecule has 2 heteroatoms. The van der Waals surface area contributed by atoms with Gasteiger partial charge >= 0.3 is 0 Å². The molecule has 0 aromatic heterocycles. The van der Waals surface area contributed by atoms with E-state index in [4.69, 9.17) is 4.74 Å². The standard InChI is InChI=1S/C9H17NO/c1-3-4-8(2)11-9-5-6-10-7-9/h9-10H,2-7H2,1H3.